The van der Waals surface area contributed by atoms with Gasteiger partial charge >= 0.3 is 0 Å². The molecule has 0 radical (unpaired) electrons. The summed E-state index contributed by atoms with van der Waals surface area (Å²) in [6.07, 6.45) is 6.61. The van der Waals surface area contributed by atoms with Crippen LogP contribution in [0.2, 0.25) is 0 Å². The quantitative estimate of drug-likeness (QED) is 0.545. The molecule has 0 heterocycles. The third kappa shape index (κ3) is 1.63. The van der Waals surface area contributed by atoms with Crippen LogP contribution in [0, 0.1) is 5.92 Å². The Labute approximate surface area is 67.6 Å². The predicted octanol–water partition coefficient (Wildman–Crippen LogP) is 3.49. The van der Waals surface area contributed by atoms with Crippen LogP contribution in [0.5, 0.6) is 0 Å². The van der Waals surface area contributed by atoms with Gasteiger partial charge in [-0.05, 0) is 24.3 Å². The minimum atomic E-state index is 0.573. The predicted molar refractivity (Wildman–Crippen MR) is 46.1 cm³/mol. The van der Waals surface area contributed by atoms with Crippen LogP contribution in [0.4, 0.5) is 0 Å². The maximum atomic E-state index is 5.97. The average molecular weight is 157 g/mol. The van der Waals surface area contributed by atoms with Crippen LogP contribution in [0.15, 0.2) is 22.8 Å². The van der Waals surface area contributed by atoms with Crippen LogP contribution < -0.4 is 0 Å². The molecule has 0 aromatic carbocycles. The Morgan fingerprint density at radius 3 is 2.30 bits per heavy atom. The van der Waals surface area contributed by atoms with Crippen LogP contribution in [0.3, 0.4) is 0 Å². The van der Waals surface area contributed by atoms with Crippen LogP contribution in [-0.2, 0) is 0 Å². The lowest BCUT2D eigenvalue weighted by atomic mass is 9.97. The number of allylic oxidation sites excluding steroid dienone is 4. The van der Waals surface area contributed by atoms with E-state index in [0.29, 0.717) is 5.92 Å². The van der Waals surface area contributed by atoms with Gasteiger partial charge in [0.25, 0.3) is 0 Å². The van der Waals surface area contributed by atoms with Crippen LogP contribution >= 0.6 is 11.6 Å². The fraction of sp³-hybridized carbons (Fsp3) is 0.556. The molecule has 0 saturated carbocycles. The third-order valence-corrected chi connectivity index (χ3v) is 2.12. The fourth-order valence-electron chi connectivity index (χ4n) is 1.18. The van der Waals surface area contributed by atoms with Gasteiger partial charge < -0.3 is 0 Å². The van der Waals surface area contributed by atoms with E-state index in [9.17, 15) is 0 Å². The molecule has 0 bridgehead atoms. The summed E-state index contributed by atoms with van der Waals surface area (Å²) in [7, 11) is 0. The molecule has 0 aliphatic heterocycles. The normalized spacial score (nSPS) is 18.8. The molecule has 0 aromatic heterocycles. The second kappa shape index (κ2) is 3.25. The largest absolute Gasteiger partial charge is 0.0844 e. The van der Waals surface area contributed by atoms with Crippen molar-refractivity contribution in [3.63, 3.8) is 0 Å². The number of hydrogen-bond donors (Lipinski definition) is 0. The van der Waals surface area contributed by atoms with Crippen LogP contribution in [0.1, 0.15) is 26.7 Å². The summed E-state index contributed by atoms with van der Waals surface area (Å²) in [6.45, 7) is 4.35. The van der Waals surface area contributed by atoms with Crippen molar-refractivity contribution in [3.8, 4) is 0 Å². The van der Waals surface area contributed by atoms with E-state index >= 15 is 0 Å². The van der Waals surface area contributed by atoms with Crippen molar-refractivity contribution in [2.24, 2.45) is 5.92 Å². The Bertz CT molecular complexity index is 175. The molecule has 1 aliphatic rings. The molecular formula is C9H13Cl. The summed E-state index contributed by atoms with van der Waals surface area (Å²) >= 11 is 5.97. The minimum absolute atomic E-state index is 0.573. The van der Waals surface area contributed by atoms with Crippen molar-refractivity contribution in [2.45, 2.75) is 26.7 Å². The molecular weight excluding hydrogens is 144 g/mol. The lowest BCUT2D eigenvalue weighted by molar-refractivity contribution is 0.769. The molecule has 0 unspecified atom stereocenters. The Balaban J connectivity index is 2.74. The zero-order chi connectivity index (χ0) is 7.56. The summed E-state index contributed by atoms with van der Waals surface area (Å²) in [5.74, 6) is 0.573. The molecule has 1 aliphatic carbocycles. The highest BCUT2D eigenvalue weighted by Gasteiger charge is 2.08. The summed E-state index contributed by atoms with van der Waals surface area (Å²) in [5.41, 5.74) is 1.31. The first-order valence-corrected chi connectivity index (χ1v) is 4.15. The molecule has 0 atom stereocenters. The smallest absolute Gasteiger partial charge is 0.0397 e. The average Bonchev–Trinajstić information content (AvgIpc) is 1.88. The molecule has 56 valence electrons. The maximum absolute atomic E-state index is 5.97. The first kappa shape index (κ1) is 7.87. The van der Waals surface area contributed by atoms with Crippen molar-refractivity contribution < 1.29 is 0 Å². The summed E-state index contributed by atoms with van der Waals surface area (Å²) in [4.78, 5) is 0. The Hall–Kier alpha value is -0.230. The minimum Gasteiger partial charge on any atom is -0.0844 e. The van der Waals surface area contributed by atoms with Gasteiger partial charge in [-0.2, -0.15) is 0 Å². The van der Waals surface area contributed by atoms with Crippen molar-refractivity contribution in [1.29, 1.82) is 0 Å². The van der Waals surface area contributed by atoms with E-state index in [-0.39, 0.29) is 0 Å². The molecule has 10 heavy (non-hydrogen) atoms. The highest BCUT2D eigenvalue weighted by Crippen LogP contribution is 2.27. The number of hydrogen-bond acceptors (Lipinski definition) is 0. The molecule has 0 fully saturated rings. The van der Waals surface area contributed by atoms with E-state index in [1.807, 2.05) is 0 Å². The van der Waals surface area contributed by atoms with Crippen molar-refractivity contribution in [3.05, 3.63) is 22.8 Å². The highest BCUT2D eigenvalue weighted by molar-refractivity contribution is 6.32. The number of halogens is 1. The fourth-order valence-corrected chi connectivity index (χ4v) is 1.58. The van der Waals surface area contributed by atoms with Gasteiger partial charge in [0.2, 0.25) is 0 Å². The Morgan fingerprint density at radius 2 is 1.90 bits per heavy atom. The lowest BCUT2D eigenvalue weighted by Crippen LogP contribution is -1.97. The first-order valence-electron chi connectivity index (χ1n) is 3.78. The maximum Gasteiger partial charge on any atom is 0.0397 e. The van der Waals surface area contributed by atoms with E-state index in [1.165, 1.54) is 5.57 Å². The third-order valence-electron chi connectivity index (χ3n) is 1.75. The van der Waals surface area contributed by atoms with Crippen LogP contribution in [-0.4, -0.2) is 0 Å². The van der Waals surface area contributed by atoms with E-state index in [4.69, 9.17) is 11.6 Å². The molecule has 0 aromatic rings. The summed E-state index contributed by atoms with van der Waals surface area (Å²) < 4.78 is 0. The Kier molecular flexibility index (Phi) is 2.56. The first-order chi connectivity index (χ1) is 4.72. The lowest BCUT2D eigenvalue weighted by Gasteiger charge is -2.13. The van der Waals surface area contributed by atoms with E-state index in [0.717, 1.165) is 17.9 Å². The van der Waals surface area contributed by atoms with Gasteiger partial charge in [0.1, 0.15) is 0 Å². The van der Waals surface area contributed by atoms with Gasteiger partial charge in [-0.25, -0.2) is 0 Å². The topological polar surface area (TPSA) is 0 Å². The second-order valence-electron chi connectivity index (χ2n) is 2.94. The SMILES string of the molecule is CC(C)C1=CCCC=C1Cl. The summed E-state index contributed by atoms with van der Waals surface area (Å²) in [5, 5.41) is 0.959. The molecule has 0 spiro atoms. The molecule has 0 amide bonds. The zero-order valence-electron chi connectivity index (χ0n) is 6.52. The molecule has 1 heteroatoms. The molecule has 0 nitrogen and oxygen atoms in total. The van der Waals surface area contributed by atoms with Gasteiger partial charge in [-0.15, -0.1) is 0 Å². The molecule has 0 N–H and O–H groups in total. The monoisotopic (exact) mass is 156 g/mol. The number of rotatable bonds is 1. The van der Waals surface area contributed by atoms with E-state index < -0.39 is 0 Å². The van der Waals surface area contributed by atoms with Gasteiger partial charge in [0.05, 0.1) is 0 Å². The summed E-state index contributed by atoms with van der Waals surface area (Å²) in [6, 6.07) is 0. The molecule has 1 rings (SSSR count). The van der Waals surface area contributed by atoms with Crippen molar-refractivity contribution in [1.82, 2.24) is 0 Å². The van der Waals surface area contributed by atoms with Gasteiger partial charge in [0.15, 0.2) is 0 Å². The van der Waals surface area contributed by atoms with Gasteiger partial charge in [-0.3, -0.25) is 0 Å². The highest BCUT2D eigenvalue weighted by atomic mass is 35.5. The van der Waals surface area contributed by atoms with Crippen molar-refractivity contribution in [2.75, 3.05) is 0 Å². The van der Waals surface area contributed by atoms with Gasteiger partial charge in [0, 0.05) is 5.03 Å². The van der Waals surface area contributed by atoms with Crippen molar-refractivity contribution >= 4 is 11.6 Å². The van der Waals surface area contributed by atoms with E-state index in [1.54, 1.807) is 0 Å². The van der Waals surface area contributed by atoms with E-state index in [2.05, 4.69) is 26.0 Å². The van der Waals surface area contributed by atoms with Crippen LogP contribution in [0.25, 0.3) is 0 Å². The zero-order valence-corrected chi connectivity index (χ0v) is 7.28. The Morgan fingerprint density at radius 1 is 1.30 bits per heavy atom. The molecule has 0 saturated heterocycles. The second-order valence-corrected chi connectivity index (χ2v) is 3.35. The standard InChI is InChI=1S/C9H13Cl/c1-7(2)8-5-3-4-6-9(8)10/h5-7H,3-4H2,1-2H3. The van der Waals surface area contributed by atoms with Gasteiger partial charge in [-0.1, -0.05) is 37.6 Å².